The molecular formula is C31H37N5O3. The summed E-state index contributed by atoms with van der Waals surface area (Å²) in [4.78, 5) is 51.7. The maximum atomic E-state index is 13.8. The lowest BCUT2D eigenvalue weighted by atomic mass is 9.85. The predicted molar refractivity (Wildman–Crippen MR) is 149 cm³/mol. The van der Waals surface area contributed by atoms with E-state index in [1.165, 1.54) is 31.2 Å². The lowest BCUT2D eigenvalue weighted by molar-refractivity contribution is -0.138. The van der Waals surface area contributed by atoms with Crippen molar-refractivity contribution in [2.45, 2.75) is 76.9 Å². The Kier molecular flexibility index (Phi) is 6.44. The van der Waals surface area contributed by atoms with Gasteiger partial charge in [-0.15, -0.1) is 0 Å². The van der Waals surface area contributed by atoms with Crippen molar-refractivity contribution >= 4 is 28.6 Å². The van der Waals surface area contributed by atoms with Gasteiger partial charge in [0, 0.05) is 30.2 Å². The zero-order valence-electron chi connectivity index (χ0n) is 22.9. The molecule has 2 aliphatic heterocycles. The summed E-state index contributed by atoms with van der Waals surface area (Å²) in [5, 5.41) is 3.96. The van der Waals surface area contributed by atoms with Crippen LogP contribution in [0, 0.1) is 5.41 Å². The van der Waals surface area contributed by atoms with E-state index in [1.54, 1.807) is 0 Å². The topological polar surface area (TPSA) is 98.4 Å². The van der Waals surface area contributed by atoms with Gasteiger partial charge >= 0.3 is 0 Å². The number of carbonyl (C=O) groups excluding carboxylic acids is 3. The van der Waals surface area contributed by atoms with Gasteiger partial charge in [0.25, 0.3) is 11.8 Å². The Bertz CT molecular complexity index is 1370. The molecule has 2 N–H and O–H groups in total. The Labute approximate surface area is 229 Å². The first-order valence-electron chi connectivity index (χ1n) is 14.1. The molecule has 3 amide bonds. The molecule has 1 aromatic carbocycles. The van der Waals surface area contributed by atoms with E-state index >= 15 is 0 Å². The molecule has 8 nitrogen and oxygen atoms in total. The lowest BCUT2D eigenvalue weighted by Gasteiger charge is -2.39. The number of hydrogen-bond donors (Lipinski definition) is 2. The molecule has 204 valence electrons. The van der Waals surface area contributed by atoms with Crippen LogP contribution in [-0.2, 0) is 4.79 Å². The second kappa shape index (κ2) is 9.81. The van der Waals surface area contributed by atoms with Gasteiger partial charge in [0.1, 0.15) is 17.4 Å². The average molecular weight is 528 g/mol. The number of pyridine rings is 1. The van der Waals surface area contributed by atoms with Crippen LogP contribution in [0.1, 0.15) is 85.3 Å². The fourth-order valence-electron chi connectivity index (χ4n) is 6.58. The van der Waals surface area contributed by atoms with E-state index in [4.69, 9.17) is 0 Å². The fraction of sp³-hybridized carbons (Fsp3) is 0.484. The average Bonchev–Trinajstić information content (AvgIpc) is 3.73. The lowest BCUT2D eigenvalue weighted by Crippen LogP contribution is -2.59. The summed E-state index contributed by atoms with van der Waals surface area (Å²) < 4.78 is 0. The second-order valence-corrected chi connectivity index (χ2v) is 12.5. The van der Waals surface area contributed by atoms with Crippen LogP contribution in [0.4, 0.5) is 0 Å². The molecule has 2 saturated heterocycles. The summed E-state index contributed by atoms with van der Waals surface area (Å²) >= 11 is 0. The van der Waals surface area contributed by atoms with Crippen molar-refractivity contribution < 1.29 is 14.4 Å². The molecule has 1 saturated carbocycles. The number of hydrogen-bond acceptors (Lipinski definition) is 4. The van der Waals surface area contributed by atoms with Crippen LogP contribution in [0.5, 0.6) is 0 Å². The number of benzene rings is 1. The molecule has 2 bridgehead atoms. The minimum absolute atomic E-state index is 0.0345. The van der Waals surface area contributed by atoms with Crippen LogP contribution in [0.3, 0.4) is 0 Å². The zero-order valence-corrected chi connectivity index (χ0v) is 22.9. The maximum absolute atomic E-state index is 13.8. The monoisotopic (exact) mass is 527 g/mol. The number of H-pyrrole nitrogens is 1. The first kappa shape index (κ1) is 25.6. The molecule has 1 aliphatic carbocycles. The number of amides is 3. The number of fused-ring (bicyclic) bond motifs is 3. The van der Waals surface area contributed by atoms with E-state index in [2.05, 4.69) is 21.4 Å². The smallest absolute Gasteiger partial charge is 0.272 e. The molecule has 8 heteroatoms. The van der Waals surface area contributed by atoms with Crippen LogP contribution in [0.25, 0.3) is 10.9 Å². The number of nitrogens with zero attached hydrogens (tertiary/aromatic N) is 3. The van der Waals surface area contributed by atoms with Crippen molar-refractivity contribution in [2.75, 3.05) is 13.1 Å². The van der Waals surface area contributed by atoms with E-state index in [-0.39, 0.29) is 29.8 Å². The van der Waals surface area contributed by atoms with Crippen LogP contribution in [0.15, 0.2) is 48.7 Å². The third-order valence-corrected chi connectivity index (χ3v) is 8.78. The van der Waals surface area contributed by atoms with Crippen molar-refractivity contribution in [3.05, 3.63) is 65.6 Å². The predicted octanol–water partition coefficient (Wildman–Crippen LogP) is 4.49. The number of para-hydroxylation sites is 1. The molecule has 0 spiro atoms. The number of aromatic amines is 1. The maximum Gasteiger partial charge on any atom is 0.272 e. The molecule has 4 heterocycles. The minimum Gasteiger partial charge on any atom is -0.351 e. The Balaban J connectivity index is 1.12. The third-order valence-electron chi connectivity index (χ3n) is 8.78. The van der Waals surface area contributed by atoms with Gasteiger partial charge in [-0.3, -0.25) is 19.4 Å². The largest absolute Gasteiger partial charge is 0.351 e. The Morgan fingerprint density at radius 3 is 2.36 bits per heavy atom. The number of rotatable bonds is 5. The SMILES string of the molecule is CC(C)(C)C(NC(=O)c1cc2ccccc2[nH]1)C(=O)N1C[C@@H]2C[C@H]1CN2C(=O)c1ccc(C2CCCC2)cn1. The van der Waals surface area contributed by atoms with Crippen LogP contribution in [-0.4, -0.2) is 68.7 Å². The number of likely N-dealkylation sites (tertiary alicyclic amines) is 2. The molecule has 3 atom stereocenters. The fourth-order valence-corrected chi connectivity index (χ4v) is 6.58. The van der Waals surface area contributed by atoms with E-state index in [1.807, 2.05) is 73.2 Å². The highest BCUT2D eigenvalue weighted by Gasteiger charge is 2.50. The Morgan fingerprint density at radius 2 is 1.72 bits per heavy atom. The number of piperazine rings is 1. The normalized spacial score (nSPS) is 22.0. The van der Waals surface area contributed by atoms with Crippen molar-refractivity contribution in [1.82, 2.24) is 25.1 Å². The van der Waals surface area contributed by atoms with Gasteiger partial charge < -0.3 is 20.1 Å². The molecule has 2 aromatic heterocycles. The zero-order chi connectivity index (χ0) is 27.3. The van der Waals surface area contributed by atoms with Crippen molar-refractivity contribution in [2.24, 2.45) is 5.41 Å². The molecule has 3 aliphatic rings. The molecule has 3 aromatic rings. The van der Waals surface area contributed by atoms with Gasteiger partial charge in [-0.05, 0) is 54.4 Å². The van der Waals surface area contributed by atoms with Gasteiger partial charge in [-0.25, -0.2) is 0 Å². The molecule has 0 radical (unpaired) electrons. The van der Waals surface area contributed by atoms with Gasteiger partial charge in [0.05, 0.1) is 12.1 Å². The number of nitrogens with one attached hydrogen (secondary N) is 2. The van der Waals surface area contributed by atoms with E-state index in [9.17, 15) is 14.4 Å². The molecule has 3 fully saturated rings. The Morgan fingerprint density at radius 1 is 1.00 bits per heavy atom. The summed E-state index contributed by atoms with van der Waals surface area (Å²) in [5.41, 5.74) is 2.53. The highest BCUT2D eigenvalue weighted by Crippen LogP contribution is 2.35. The highest BCUT2D eigenvalue weighted by molar-refractivity contribution is 6.00. The number of aromatic nitrogens is 2. The summed E-state index contributed by atoms with van der Waals surface area (Å²) in [6.45, 7) is 6.86. The van der Waals surface area contributed by atoms with Crippen LogP contribution >= 0.6 is 0 Å². The van der Waals surface area contributed by atoms with E-state index in [0.29, 0.717) is 30.4 Å². The first-order valence-corrected chi connectivity index (χ1v) is 14.1. The minimum atomic E-state index is -0.690. The van der Waals surface area contributed by atoms with Crippen LogP contribution in [0.2, 0.25) is 0 Å². The quantitative estimate of drug-likeness (QED) is 0.511. The van der Waals surface area contributed by atoms with Gasteiger partial charge in [-0.2, -0.15) is 0 Å². The van der Waals surface area contributed by atoms with Gasteiger partial charge in [0.15, 0.2) is 0 Å². The highest BCUT2D eigenvalue weighted by atomic mass is 16.2. The molecule has 39 heavy (non-hydrogen) atoms. The number of carbonyl (C=O) groups is 3. The summed E-state index contributed by atoms with van der Waals surface area (Å²) in [6, 6.07) is 12.7. The van der Waals surface area contributed by atoms with Crippen molar-refractivity contribution in [3.63, 3.8) is 0 Å². The Hall–Kier alpha value is -3.68. The second-order valence-electron chi connectivity index (χ2n) is 12.5. The van der Waals surface area contributed by atoms with Crippen molar-refractivity contribution in [1.29, 1.82) is 0 Å². The van der Waals surface area contributed by atoms with Gasteiger partial charge in [0.2, 0.25) is 5.91 Å². The molecule has 1 unspecified atom stereocenters. The molecular weight excluding hydrogens is 490 g/mol. The van der Waals surface area contributed by atoms with Crippen molar-refractivity contribution in [3.8, 4) is 0 Å². The summed E-state index contributed by atoms with van der Waals surface area (Å²) in [7, 11) is 0. The van der Waals surface area contributed by atoms with E-state index < -0.39 is 11.5 Å². The van der Waals surface area contributed by atoms with E-state index in [0.717, 1.165) is 17.3 Å². The first-order chi connectivity index (χ1) is 18.7. The summed E-state index contributed by atoms with van der Waals surface area (Å²) in [6.07, 6.45) is 7.56. The third kappa shape index (κ3) is 4.81. The molecule has 6 rings (SSSR count). The standard InChI is InChI=1S/C31H37N5O3/c1-31(2,3)27(34-28(37)26-14-20-10-6-7-11-24(20)33-26)30(39)36-18-22-15-23(36)17-35(22)29(38)25-13-12-21(16-32-25)19-8-4-5-9-19/h6-7,10-14,16,19,22-23,27,33H,4-5,8-9,15,17-18H2,1-3H3,(H,34,37)/t22-,23-,27?/m0/s1. The summed E-state index contributed by atoms with van der Waals surface area (Å²) in [5.74, 6) is 0.113. The van der Waals surface area contributed by atoms with Gasteiger partial charge in [-0.1, -0.05) is 57.9 Å². The van der Waals surface area contributed by atoms with Crippen LogP contribution < -0.4 is 5.32 Å².